The second kappa shape index (κ2) is 37.8. The molecule has 0 radical (unpaired) electrons. The monoisotopic (exact) mass is 1360 g/mol. The van der Waals surface area contributed by atoms with Gasteiger partial charge in [0, 0.05) is 73.3 Å². The molecule has 0 bridgehead atoms. The van der Waals surface area contributed by atoms with Gasteiger partial charge in [-0.2, -0.15) is 0 Å². The molecule has 0 unspecified atom stereocenters. The normalized spacial score (nSPS) is 28.8. The minimum Gasteiger partial charge on any atom is -0.513 e. The third-order valence-electron chi connectivity index (χ3n) is 13.4. The molecule has 16 atom stereocenters. The van der Waals surface area contributed by atoms with E-state index in [0.717, 1.165) is 60.8 Å². The molecule has 0 spiro atoms. The number of ketones is 3. The zero-order chi connectivity index (χ0) is 70.8. The molecule has 0 aromatic carbocycles. The number of carboxylic acids is 4. The van der Waals surface area contributed by atoms with Gasteiger partial charge in [-0.3, -0.25) is 19.2 Å². The maximum Gasteiger partial charge on any atom is 0.331 e. The van der Waals surface area contributed by atoms with Crippen molar-refractivity contribution in [1.82, 2.24) is 0 Å². The maximum atomic E-state index is 11.7. The molecule has 8 saturated heterocycles. The van der Waals surface area contributed by atoms with Gasteiger partial charge in [-0.25, -0.2) is 52.7 Å². The zero-order valence-electron chi connectivity index (χ0n) is 51.0. The maximum absolute atomic E-state index is 11.7. The highest BCUT2D eigenvalue weighted by atomic mass is 16.7. The van der Waals surface area contributed by atoms with Crippen LogP contribution in [-0.4, -0.2) is 265 Å². The van der Waals surface area contributed by atoms with Crippen LogP contribution in [0.1, 0.15) is 33.6 Å². The van der Waals surface area contributed by atoms with Crippen molar-refractivity contribution in [3.05, 3.63) is 97.4 Å². The highest BCUT2D eigenvalue weighted by Crippen LogP contribution is 2.34. The van der Waals surface area contributed by atoms with Gasteiger partial charge < -0.3 is 101 Å². The highest BCUT2D eigenvalue weighted by molar-refractivity contribution is 5.96. The van der Waals surface area contributed by atoms with E-state index in [1.54, 1.807) is 0 Å². The summed E-state index contributed by atoms with van der Waals surface area (Å²) in [6, 6.07) is 0. The standard InChI is InChI=1S/C15H18O9.3C15H16O9/c4*1-8(16)2-4-12(19)23-9-6-21-15-10(7-22-14(9)15)24-13(20)5-3-11(17)18/h3,5,9-10,14-16H,1-2,4,6-7H2,(H,17,18);3*2-5,9-10,14-15H,6-7H2,1H3,(H,17,18)/b5-3+;4-2+,5-3+;2*4-2+,5-3-/t4*9-,10+,14+,15+/m0000/s1. The molecule has 0 aliphatic carbocycles. The van der Waals surface area contributed by atoms with Crippen molar-refractivity contribution in [2.75, 3.05) is 52.9 Å². The van der Waals surface area contributed by atoms with Crippen molar-refractivity contribution in [2.45, 2.75) is 131 Å². The summed E-state index contributed by atoms with van der Waals surface area (Å²) >= 11 is 0. The largest absolute Gasteiger partial charge is 0.513 e. The number of allylic oxidation sites excluding steroid dienone is 4. The topological polar surface area (TPSA) is 505 Å². The van der Waals surface area contributed by atoms with Crippen LogP contribution in [-0.2, 0) is 148 Å². The van der Waals surface area contributed by atoms with Crippen molar-refractivity contribution in [2.24, 2.45) is 0 Å². The molecule has 8 aliphatic heterocycles. The van der Waals surface area contributed by atoms with Crippen LogP contribution in [0.15, 0.2) is 97.4 Å². The van der Waals surface area contributed by atoms with Crippen LogP contribution in [0.5, 0.6) is 0 Å². The van der Waals surface area contributed by atoms with Gasteiger partial charge in [-0.05, 0) is 39.0 Å². The lowest BCUT2D eigenvalue weighted by Crippen LogP contribution is -2.35. The van der Waals surface area contributed by atoms with Crippen molar-refractivity contribution in [1.29, 1.82) is 0 Å². The molecule has 5 N–H and O–H groups in total. The van der Waals surface area contributed by atoms with Crippen LogP contribution in [0.25, 0.3) is 0 Å². The van der Waals surface area contributed by atoms with Crippen LogP contribution in [0.3, 0.4) is 0 Å². The van der Waals surface area contributed by atoms with Gasteiger partial charge in [0.1, 0.15) is 48.8 Å². The number of carbonyl (C=O) groups is 15. The first-order valence-electron chi connectivity index (χ1n) is 28.6. The minimum atomic E-state index is -1.27. The number of esters is 8. The first kappa shape index (κ1) is 76.8. The number of fused-ring (bicyclic) bond motifs is 4. The summed E-state index contributed by atoms with van der Waals surface area (Å²) in [5.41, 5.74) is 0. The van der Waals surface area contributed by atoms with Crippen molar-refractivity contribution in [3.63, 3.8) is 0 Å². The minimum absolute atomic E-state index is 0.0123. The van der Waals surface area contributed by atoms with Gasteiger partial charge in [-0.1, -0.05) is 6.58 Å². The predicted molar refractivity (Wildman–Crippen MR) is 305 cm³/mol. The fourth-order valence-electron chi connectivity index (χ4n) is 9.43. The summed E-state index contributed by atoms with van der Waals surface area (Å²) < 4.78 is 84.6. The van der Waals surface area contributed by atoms with Gasteiger partial charge in [0.15, 0.2) is 66.2 Å². The summed E-state index contributed by atoms with van der Waals surface area (Å²) in [5, 5.41) is 42.8. The first-order valence-corrected chi connectivity index (χ1v) is 28.6. The van der Waals surface area contributed by atoms with Gasteiger partial charge >= 0.3 is 71.6 Å². The zero-order valence-corrected chi connectivity index (χ0v) is 51.0. The number of hydrogen-bond acceptors (Lipinski definition) is 32. The van der Waals surface area contributed by atoms with Crippen molar-refractivity contribution in [3.8, 4) is 0 Å². The van der Waals surface area contributed by atoms with E-state index < -0.39 is 169 Å². The van der Waals surface area contributed by atoms with E-state index in [2.05, 4.69) is 6.58 Å². The molecule has 36 heteroatoms. The number of aliphatic carboxylic acids is 4. The Morgan fingerprint density at radius 1 is 0.281 bits per heavy atom. The Labute approximate surface area is 542 Å². The number of carboxylic acid groups (broad SMARTS) is 4. The van der Waals surface area contributed by atoms with E-state index in [1.807, 2.05) is 0 Å². The third-order valence-corrected chi connectivity index (χ3v) is 13.4. The lowest BCUT2D eigenvalue weighted by Gasteiger charge is -2.17. The average Bonchev–Trinajstić information content (AvgIpc) is 1.68. The molecule has 8 aliphatic rings. The van der Waals surface area contributed by atoms with Gasteiger partial charge in [0.25, 0.3) is 0 Å². The van der Waals surface area contributed by atoms with Crippen LogP contribution in [0, 0.1) is 0 Å². The Kier molecular flexibility index (Phi) is 30.2. The fraction of sp³-hybridized carbons (Fsp3) is 0.483. The molecule has 0 aromatic heterocycles. The Hall–Kier alpha value is -9.95. The second-order valence-corrected chi connectivity index (χ2v) is 20.8. The Morgan fingerprint density at radius 2 is 0.448 bits per heavy atom. The predicted octanol–water partition coefficient (Wildman–Crippen LogP) is -1.72. The summed E-state index contributed by atoms with van der Waals surface area (Å²) in [4.78, 5) is 166. The van der Waals surface area contributed by atoms with E-state index in [1.165, 1.54) is 20.8 Å². The Morgan fingerprint density at radius 3 is 0.604 bits per heavy atom. The molecule has 36 nitrogen and oxygen atoms in total. The van der Waals surface area contributed by atoms with E-state index >= 15 is 0 Å². The number of aliphatic hydroxyl groups is 1. The lowest BCUT2D eigenvalue weighted by atomic mass is 10.1. The average molecular weight is 1360 g/mol. The van der Waals surface area contributed by atoms with Crippen LogP contribution in [0.2, 0.25) is 0 Å². The Balaban J connectivity index is 0.000000231. The quantitative estimate of drug-likeness (QED) is 0.0294. The number of ether oxygens (including phenoxy) is 16. The molecule has 522 valence electrons. The SMILES string of the molecule is C=C(O)CCC(=O)O[C@H]1CO[C@H]2[C@@H]1OC[C@H]2OC(=O)/C=C/C(=O)O.CC(=O)/C=C/C(=O)O[C@H]1CO[C@H]2[C@@H]1OC[C@H]2OC(=O)/C=C/C(=O)O.CC(=O)/C=C/C(=O)O[C@H]1CO[C@H]2[C@@H]1OC[C@H]2OC(=O)/C=C\C(=O)O.CC(=O)/C=C/C(=O)O[C@H]1CO[C@H]2[C@@H]1OC[C@H]2OC(=O)/C=C\C(=O)O. The van der Waals surface area contributed by atoms with E-state index in [9.17, 15) is 71.9 Å². The molecule has 0 amide bonds. The molecular formula is C60H66O36. The molecule has 96 heavy (non-hydrogen) atoms. The summed E-state index contributed by atoms with van der Waals surface area (Å²) in [6.45, 7) is 7.66. The van der Waals surface area contributed by atoms with Gasteiger partial charge in [0.05, 0.1) is 65.0 Å². The van der Waals surface area contributed by atoms with Crippen LogP contribution >= 0.6 is 0 Å². The molecule has 8 fully saturated rings. The van der Waals surface area contributed by atoms with E-state index in [-0.39, 0.29) is 88.8 Å². The number of rotatable bonds is 25. The molecular weight excluding hydrogens is 1300 g/mol. The van der Waals surface area contributed by atoms with Crippen molar-refractivity contribution >= 4 is 89.0 Å². The third kappa shape index (κ3) is 25.7. The van der Waals surface area contributed by atoms with Crippen molar-refractivity contribution < 1.29 is 173 Å². The van der Waals surface area contributed by atoms with Gasteiger partial charge in [0.2, 0.25) is 0 Å². The lowest BCUT2D eigenvalue weighted by molar-refractivity contribution is -0.154. The summed E-state index contributed by atoms with van der Waals surface area (Å²) in [6.07, 6.45) is 1.89. The molecule has 0 saturated carbocycles. The number of aliphatic hydroxyl groups excluding tert-OH is 1. The molecule has 0 aromatic rings. The fourth-order valence-corrected chi connectivity index (χ4v) is 9.43. The number of carbonyl (C=O) groups excluding carboxylic acids is 11. The van der Waals surface area contributed by atoms with E-state index in [0.29, 0.717) is 24.3 Å². The Bertz CT molecular complexity index is 2740. The van der Waals surface area contributed by atoms with E-state index in [4.69, 9.17) is 101 Å². The summed E-state index contributed by atoms with van der Waals surface area (Å²) in [7, 11) is 0. The molecule has 8 rings (SSSR count). The van der Waals surface area contributed by atoms with Gasteiger partial charge in [-0.15, -0.1) is 0 Å². The number of hydrogen-bond donors (Lipinski definition) is 5. The summed E-state index contributed by atoms with van der Waals surface area (Å²) in [5.74, 6) is -12.0. The van der Waals surface area contributed by atoms with Crippen LogP contribution < -0.4 is 0 Å². The highest BCUT2D eigenvalue weighted by Gasteiger charge is 2.54. The van der Waals surface area contributed by atoms with Crippen LogP contribution in [0.4, 0.5) is 0 Å². The smallest absolute Gasteiger partial charge is 0.331 e. The molecule has 8 heterocycles. The second-order valence-electron chi connectivity index (χ2n) is 20.8. The first-order chi connectivity index (χ1) is 45.5.